The molecule has 5 heteroatoms. The fourth-order valence-corrected chi connectivity index (χ4v) is 3.73. The first kappa shape index (κ1) is 18.0. The second kappa shape index (κ2) is 7.60. The van der Waals surface area contributed by atoms with Crippen LogP contribution < -0.4 is 5.73 Å². The van der Waals surface area contributed by atoms with Gasteiger partial charge in [0.2, 0.25) is 0 Å². The van der Waals surface area contributed by atoms with Gasteiger partial charge in [0.25, 0.3) is 0 Å². The van der Waals surface area contributed by atoms with Gasteiger partial charge in [0, 0.05) is 5.92 Å². The van der Waals surface area contributed by atoms with E-state index in [0.29, 0.717) is 6.42 Å². The molecule has 0 saturated heterocycles. The lowest BCUT2D eigenvalue weighted by Crippen LogP contribution is -2.17. The number of hydrogen-bond acceptors (Lipinski definition) is 3. The molecule has 1 aliphatic carbocycles. The van der Waals surface area contributed by atoms with Crippen molar-refractivity contribution in [1.29, 1.82) is 0 Å². The molecule has 0 fully saturated rings. The molecule has 2 unspecified atom stereocenters. The number of aliphatic carboxylic acids is 1. The fraction of sp³-hybridized carbons (Fsp3) is 0.333. The van der Waals surface area contributed by atoms with Crippen LogP contribution in [0.5, 0.6) is 0 Å². The Labute approximate surface area is 152 Å². The molecule has 0 bridgehead atoms. The average Bonchev–Trinajstić information content (AvgIpc) is 2.93. The first-order chi connectivity index (χ1) is 12.5. The quantitative estimate of drug-likeness (QED) is 0.778. The Bertz CT molecular complexity index is 831. The Kier molecular flexibility index (Phi) is 5.26. The van der Waals surface area contributed by atoms with Crippen LogP contribution in [0.25, 0.3) is 11.1 Å². The number of carbonyl (C=O) groups is 2. The number of carbonyl (C=O) groups excluding carboxylic acids is 1. The van der Waals surface area contributed by atoms with Crippen molar-refractivity contribution >= 4 is 12.1 Å². The summed E-state index contributed by atoms with van der Waals surface area (Å²) in [5.41, 5.74) is 10.1. The second-order valence-corrected chi connectivity index (χ2v) is 6.65. The van der Waals surface area contributed by atoms with E-state index in [2.05, 4.69) is 6.92 Å². The predicted octanol–water partition coefficient (Wildman–Crippen LogP) is 4.25. The lowest BCUT2D eigenvalue weighted by atomic mass is 9.90. The van der Waals surface area contributed by atoms with Crippen LogP contribution >= 0.6 is 0 Å². The smallest absolute Gasteiger partial charge is 0.404 e. The van der Waals surface area contributed by atoms with E-state index in [1.165, 1.54) is 0 Å². The number of nitrogens with two attached hydrogens (primary N) is 1. The summed E-state index contributed by atoms with van der Waals surface area (Å²) in [7, 11) is 0. The molecular weight excluding hydrogens is 330 g/mol. The number of carboxylic acids is 1. The third kappa shape index (κ3) is 3.43. The van der Waals surface area contributed by atoms with Crippen LogP contribution in [-0.4, -0.2) is 23.8 Å². The van der Waals surface area contributed by atoms with Crippen molar-refractivity contribution in [2.45, 2.75) is 38.0 Å². The average molecular weight is 353 g/mol. The minimum atomic E-state index is -0.793. The van der Waals surface area contributed by atoms with Gasteiger partial charge in [0.15, 0.2) is 0 Å². The molecule has 0 aliphatic heterocycles. The lowest BCUT2D eigenvalue weighted by Gasteiger charge is -2.16. The number of ether oxygens (including phenoxy) is 1. The molecule has 26 heavy (non-hydrogen) atoms. The molecule has 0 aromatic heterocycles. The second-order valence-electron chi connectivity index (χ2n) is 6.65. The molecule has 5 nitrogen and oxygen atoms in total. The molecule has 136 valence electrons. The van der Waals surface area contributed by atoms with Crippen molar-refractivity contribution in [3.63, 3.8) is 0 Å². The Morgan fingerprint density at radius 3 is 2.58 bits per heavy atom. The van der Waals surface area contributed by atoms with Gasteiger partial charge in [-0.1, -0.05) is 56.2 Å². The van der Waals surface area contributed by atoms with Crippen molar-refractivity contribution in [3.8, 4) is 11.1 Å². The van der Waals surface area contributed by atoms with Crippen LogP contribution in [-0.2, 0) is 9.53 Å². The number of benzene rings is 2. The maximum Gasteiger partial charge on any atom is 0.404 e. The van der Waals surface area contributed by atoms with Crippen LogP contribution in [0.1, 0.15) is 54.7 Å². The molecule has 1 aliphatic rings. The Morgan fingerprint density at radius 2 is 1.88 bits per heavy atom. The molecule has 0 radical (unpaired) electrons. The summed E-state index contributed by atoms with van der Waals surface area (Å²) in [6.07, 6.45) is 1.67. The van der Waals surface area contributed by atoms with Crippen LogP contribution in [0, 0.1) is 0 Å². The standard InChI is InChI=1S/C21H23NO4/c1-2-3-6-14(20(23)24)13-9-10-17-18(11-13)15-7-4-5-8-16(15)19(17)12-26-21(22)25/h4-5,7-11,14,19H,2-3,6,12H2,1H3,(H2,22,25)(H,23,24). The maximum absolute atomic E-state index is 11.7. The Balaban J connectivity index is 2.01. The molecule has 2 aromatic carbocycles. The van der Waals surface area contributed by atoms with E-state index >= 15 is 0 Å². The van der Waals surface area contributed by atoms with Gasteiger partial charge in [0.05, 0.1) is 5.92 Å². The predicted molar refractivity (Wildman–Crippen MR) is 99.2 cm³/mol. The summed E-state index contributed by atoms with van der Waals surface area (Å²) < 4.78 is 5.05. The zero-order valence-corrected chi connectivity index (χ0v) is 14.8. The molecule has 2 aromatic rings. The van der Waals surface area contributed by atoms with Gasteiger partial charge in [-0.3, -0.25) is 4.79 Å². The van der Waals surface area contributed by atoms with Crippen molar-refractivity contribution in [1.82, 2.24) is 0 Å². The molecule has 0 heterocycles. The van der Waals surface area contributed by atoms with Crippen LogP contribution in [0.4, 0.5) is 4.79 Å². The van der Waals surface area contributed by atoms with Gasteiger partial charge < -0.3 is 15.6 Å². The number of hydrogen-bond donors (Lipinski definition) is 2. The van der Waals surface area contributed by atoms with E-state index in [1.54, 1.807) is 0 Å². The van der Waals surface area contributed by atoms with Gasteiger partial charge in [0.1, 0.15) is 6.61 Å². The highest BCUT2D eigenvalue weighted by molar-refractivity contribution is 5.82. The monoisotopic (exact) mass is 353 g/mol. The maximum atomic E-state index is 11.7. The molecule has 1 amide bonds. The third-order valence-corrected chi connectivity index (χ3v) is 5.02. The van der Waals surface area contributed by atoms with E-state index in [4.69, 9.17) is 10.5 Å². The Hall–Kier alpha value is -2.82. The Morgan fingerprint density at radius 1 is 1.15 bits per heavy atom. The van der Waals surface area contributed by atoms with Gasteiger partial charge >= 0.3 is 12.1 Å². The molecular formula is C21H23NO4. The number of amides is 1. The van der Waals surface area contributed by atoms with Crippen LogP contribution in [0.3, 0.4) is 0 Å². The largest absolute Gasteiger partial charge is 0.481 e. The van der Waals surface area contributed by atoms with Crippen LogP contribution in [0.2, 0.25) is 0 Å². The molecule has 0 saturated carbocycles. The van der Waals surface area contributed by atoms with Crippen molar-refractivity contribution in [3.05, 3.63) is 59.2 Å². The van der Waals surface area contributed by atoms with E-state index in [1.807, 2.05) is 42.5 Å². The number of rotatable bonds is 7. The normalized spacial score (nSPS) is 15.8. The highest BCUT2D eigenvalue weighted by Gasteiger charge is 2.31. The molecule has 3 rings (SSSR count). The van der Waals surface area contributed by atoms with E-state index in [0.717, 1.165) is 40.7 Å². The minimum absolute atomic E-state index is 0.0818. The van der Waals surface area contributed by atoms with E-state index in [9.17, 15) is 14.7 Å². The zero-order chi connectivity index (χ0) is 18.7. The van der Waals surface area contributed by atoms with Gasteiger partial charge in [-0.05, 0) is 40.3 Å². The van der Waals surface area contributed by atoms with Gasteiger partial charge in [-0.2, -0.15) is 0 Å². The lowest BCUT2D eigenvalue weighted by molar-refractivity contribution is -0.139. The number of fused-ring (bicyclic) bond motifs is 3. The molecule has 2 atom stereocenters. The number of unbranched alkanes of at least 4 members (excludes halogenated alkanes) is 1. The fourth-order valence-electron chi connectivity index (χ4n) is 3.73. The first-order valence-corrected chi connectivity index (χ1v) is 8.91. The third-order valence-electron chi connectivity index (χ3n) is 5.02. The van der Waals surface area contributed by atoms with Crippen molar-refractivity contribution < 1.29 is 19.4 Å². The highest BCUT2D eigenvalue weighted by Crippen LogP contribution is 2.46. The van der Waals surface area contributed by atoms with Crippen LogP contribution in [0.15, 0.2) is 42.5 Å². The topological polar surface area (TPSA) is 89.6 Å². The summed E-state index contributed by atoms with van der Waals surface area (Å²) in [5.74, 6) is -1.38. The zero-order valence-electron chi connectivity index (χ0n) is 14.8. The van der Waals surface area contributed by atoms with Crippen molar-refractivity contribution in [2.24, 2.45) is 5.73 Å². The first-order valence-electron chi connectivity index (χ1n) is 8.91. The summed E-state index contributed by atoms with van der Waals surface area (Å²) in [4.78, 5) is 22.8. The SMILES string of the molecule is CCCCC(C(=O)O)c1ccc2c(c1)-c1ccccc1C2COC(N)=O. The van der Waals surface area contributed by atoms with Gasteiger partial charge in [-0.15, -0.1) is 0 Å². The summed E-state index contributed by atoms with van der Waals surface area (Å²) in [6.45, 7) is 2.23. The number of carboxylic acid groups (broad SMARTS) is 1. The van der Waals surface area contributed by atoms with Crippen molar-refractivity contribution in [2.75, 3.05) is 6.61 Å². The summed E-state index contributed by atoms with van der Waals surface area (Å²) in [5, 5.41) is 9.62. The van der Waals surface area contributed by atoms with Gasteiger partial charge in [-0.25, -0.2) is 4.79 Å². The summed E-state index contributed by atoms with van der Waals surface area (Å²) in [6, 6.07) is 13.8. The summed E-state index contributed by atoms with van der Waals surface area (Å²) >= 11 is 0. The van der Waals surface area contributed by atoms with E-state index < -0.39 is 18.0 Å². The van der Waals surface area contributed by atoms with E-state index in [-0.39, 0.29) is 12.5 Å². The highest BCUT2D eigenvalue weighted by atomic mass is 16.5. The number of primary amides is 1. The minimum Gasteiger partial charge on any atom is -0.481 e. The molecule has 0 spiro atoms. The molecule has 3 N–H and O–H groups in total.